The molecule has 8 nitrogen and oxygen atoms in total. The monoisotopic (exact) mass is 457 g/mol. The second-order valence-corrected chi connectivity index (χ2v) is 9.34. The van der Waals surface area contributed by atoms with Gasteiger partial charge in [0.15, 0.2) is 11.5 Å². The number of rotatable bonds is 7. The van der Waals surface area contributed by atoms with Crippen LogP contribution < -0.4 is 9.47 Å². The van der Waals surface area contributed by atoms with Gasteiger partial charge in [-0.3, -0.25) is 9.69 Å². The number of carbonyl (C=O) groups excluding carboxylic acids is 1. The summed E-state index contributed by atoms with van der Waals surface area (Å²) < 4.78 is 22.8. The summed E-state index contributed by atoms with van der Waals surface area (Å²) in [6.45, 7) is 13.2. The Bertz CT molecular complexity index is 938. The number of ether oxygens (including phenoxy) is 3. The van der Waals surface area contributed by atoms with Crippen LogP contribution in [0.25, 0.3) is 0 Å². The molecular weight excluding hydrogens is 422 g/mol. The molecule has 1 unspecified atom stereocenters. The smallest absolute Gasteiger partial charge is 0.253 e. The van der Waals surface area contributed by atoms with Crippen LogP contribution in [0, 0.1) is 19.8 Å². The number of morpholine rings is 1. The van der Waals surface area contributed by atoms with Crippen LogP contribution in [0.2, 0.25) is 0 Å². The Morgan fingerprint density at radius 2 is 1.97 bits per heavy atom. The molecule has 2 aliphatic heterocycles. The summed E-state index contributed by atoms with van der Waals surface area (Å²) in [5, 5.41) is 4.05. The van der Waals surface area contributed by atoms with Crippen molar-refractivity contribution < 1.29 is 23.5 Å². The Morgan fingerprint density at radius 3 is 2.70 bits per heavy atom. The number of aromatic nitrogens is 1. The first-order valence-corrected chi connectivity index (χ1v) is 11.8. The van der Waals surface area contributed by atoms with Crippen LogP contribution in [-0.4, -0.2) is 66.4 Å². The van der Waals surface area contributed by atoms with Crippen molar-refractivity contribution in [3.05, 3.63) is 40.8 Å². The van der Waals surface area contributed by atoms with Gasteiger partial charge in [0.1, 0.15) is 11.9 Å². The van der Waals surface area contributed by atoms with Crippen molar-refractivity contribution in [1.29, 1.82) is 0 Å². The molecule has 0 spiro atoms. The molecule has 1 aromatic carbocycles. The van der Waals surface area contributed by atoms with Gasteiger partial charge < -0.3 is 23.6 Å². The molecule has 8 heteroatoms. The van der Waals surface area contributed by atoms with Gasteiger partial charge in [-0.05, 0) is 37.5 Å². The third kappa shape index (κ3) is 5.86. The summed E-state index contributed by atoms with van der Waals surface area (Å²) in [6.07, 6.45) is 0.379. The van der Waals surface area contributed by atoms with E-state index in [4.69, 9.17) is 18.7 Å². The molecule has 1 atom stereocenters. The second kappa shape index (κ2) is 10.6. The fourth-order valence-electron chi connectivity index (χ4n) is 4.35. The molecule has 0 radical (unpaired) electrons. The van der Waals surface area contributed by atoms with Crippen LogP contribution in [0.3, 0.4) is 0 Å². The topological polar surface area (TPSA) is 77.3 Å². The second-order valence-electron chi connectivity index (χ2n) is 9.34. The highest BCUT2D eigenvalue weighted by Crippen LogP contribution is 2.31. The Labute approximate surface area is 195 Å². The number of hydrogen-bond acceptors (Lipinski definition) is 7. The minimum absolute atomic E-state index is 0.0271. The average molecular weight is 458 g/mol. The Hall–Kier alpha value is -2.58. The Morgan fingerprint density at radius 1 is 1.18 bits per heavy atom. The van der Waals surface area contributed by atoms with E-state index in [2.05, 4.69) is 23.9 Å². The van der Waals surface area contributed by atoms with Gasteiger partial charge in [0, 0.05) is 44.7 Å². The lowest BCUT2D eigenvalue weighted by Crippen LogP contribution is -2.51. The van der Waals surface area contributed by atoms with Gasteiger partial charge in [-0.25, -0.2) is 0 Å². The van der Waals surface area contributed by atoms with Crippen LogP contribution >= 0.6 is 0 Å². The molecule has 0 N–H and O–H groups in total. The first kappa shape index (κ1) is 23.6. The molecule has 0 saturated carbocycles. The molecule has 1 aromatic heterocycles. The summed E-state index contributed by atoms with van der Waals surface area (Å²) in [5.41, 5.74) is 3.02. The number of hydrogen-bond donors (Lipinski definition) is 0. The third-order valence-corrected chi connectivity index (χ3v) is 6.07. The van der Waals surface area contributed by atoms with E-state index >= 15 is 0 Å². The van der Waals surface area contributed by atoms with Gasteiger partial charge in [-0.1, -0.05) is 25.1 Å². The van der Waals surface area contributed by atoms with E-state index in [0.29, 0.717) is 51.9 Å². The SMILES string of the molecule is Cc1noc(C)c1CN1CCOC(C(=O)N(Cc2ccc3c(c2)OCCCO3)CC(C)C)C1. The molecular formula is C25H35N3O5. The molecule has 4 rings (SSSR count). The Kier molecular flexibility index (Phi) is 7.55. The van der Waals surface area contributed by atoms with Crippen molar-refractivity contribution in [2.75, 3.05) is 39.5 Å². The van der Waals surface area contributed by atoms with Crippen molar-refractivity contribution in [3.63, 3.8) is 0 Å². The van der Waals surface area contributed by atoms with E-state index in [1.54, 1.807) is 0 Å². The fraction of sp³-hybridized carbons (Fsp3) is 0.600. The minimum Gasteiger partial charge on any atom is -0.490 e. The van der Waals surface area contributed by atoms with Crippen molar-refractivity contribution in [2.45, 2.75) is 53.3 Å². The standard InChI is InChI=1S/C25H35N3O5/c1-17(2)13-28(14-20-6-7-22-23(12-20)31-10-5-9-30-22)25(29)24-16-27(8-11-32-24)15-21-18(3)26-33-19(21)4/h6-7,12,17,24H,5,8-11,13-16H2,1-4H3. The first-order valence-electron chi connectivity index (χ1n) is 11.8. The van der Waals surface area contributed by atoms with Crippen molar-refractivity contribution in [1.82, 2.24) is 15.0 Å². The zero-order valence-electron chi connectivity index (χ0n) is 20.1. The summed E-state index contributed by atoms with van der Waals surface area (Å²) in [6, 6.07) is 5.95. The van der Waals surface area contributed by atoms with Crippen LogP contribution in [0.5, 0.6) is 11.5 Å². The molecule has 1 amide bonds. The number of fused-ring (bicyclic) bond motifs is 1. The highest BCUT2D eigenvalue weighted by Gasteiger charge is 2.31. The van der Waals surface area contributed by atoms with Crippen LogP contribution in [-0.2, 0) is 22.6 Å². The summed E-state index contributed by atoms with van der Waals surface area (Å²) in [7, 11) is 0. The molecule has 1 saturated heterocycles. The fourth-order valence-corrected chi connectivity index (χ4v) is 4.35. The maximum atomic E-state index is 13.6. The first-order chi connectivity index (χ1) is 15.9. The largest absolute Gasteiger partial charge is 0.490 e. The molecule has 2 aromatic rings. The number of amides is 1. The predicted octanol–water partition coefficient (Wildman–Crippen LogP) is 3.34. The van der Waals surface area contributed by atoms with Gasteiger partial charge >= 0.3 is 0 Å². The highest BCUT2D eigenvalue weighted by molar-refractivity contribution is 5.81. The lowest BCUT2D eigenvalue weighted by atomic mass is 10.1. The predicted molar refractivity (Wildman–Crippen MR) is 123 cm³/mol. The zero-order valence-corrected chi connectivity index (χ0v) is 20.1. The molecule has 0 aliphatic carbocycles. The molecule has 33 heavy (non-hydrogen) atoms. The maximum Gasteiger partial charge on any atom is 0.253 e. The average Bonchev–Trinajstić information content (AvgIpc) is 2.98. The van der Waals surface area contributed by atoms with Crippen molar-refractivity contribution in [3.8, 4) is 11.5 Å². The minimum atomic E-state index is -0.488. The number of benzene rings is 1. The maximum absolute atomic E-state index is 13.6. The van der Waals surface area contributed by atoms with Crippen molar-refractivity contribution >= 4 is 5.91 Å². The van der Waals surface area contributed by atoms with Crippen molar-refractivity contribution in [2.24, 2.45) is 5.92 Å². The highest BCUT2D eigenvalue weighted by atomic mass is 16.5. The van der Waals surface area contributed by atoms with Gasteiger partial charge in [-0.2, -0.15) is 0 Å². The zero-order chi connectivity index (χ0) is 23.4. The molecule has 180 valence electrons. The van der Waals surface area contributed by atoms with E-state index in [1.165, 1.54) is 0 Å². The van der Waals surface area contributed by atoms with Gasteiger partial charge in [0.05, 0.1) is 25.5 Å². The van der Waals surface area contributed by atoms with E-state index in [1.807, 2.05) is 36.9 Å². The van der Waals surface area contributed by atoms with E-state index in [0.717, 1.165) is 47.0 Å². The third-order valence-electron chi connectivity index (χ3n) is 6.07. The molecule has 0 bridgehead atoms. The van der Waals surface area contributed by atoms with Gasteiger partial charge in [-0.15, -0.1) is 0 Å². The molecule has 3 heterocycles. The molecule has 1 fully saturated rings. The lowest BCUT2D eigenvalue weighted by molar-refractivity contribution is -0.151. The van der Waals surface area contributed by atoms with Gasteiger partial charge in [0.25, 0.3) is 5.91 Å². The van der Waals surface area contributed by atoms with E-state index in [9.17, 15) is 4.79 Å². The number of nitrogens with zero attached hydrogens (tertiary/aromatic N) is 3. The van der Waals surface area contributed by atoms with E-state index < -0.39 is 6.10 Å². The number of carbonyl (C=O) groups is 1. The van der Waals surface area contributed by atoms with Crippen LogP contribution in [0.4, 0.5) is 0 Å². The van der Waals surface area contributed by atoms with Crippen LogP contribution in [0.1, 0.15) is 42.8 Å². The number of aryl methyl sites for hydroxylation is 2. The van der Waals surface area contributed by atoms with Crippen LogP contribution in [0.15, 0.2) is 22.7 Å². The quantitative estimate of drug-likeness (QED) is 0.631. The van der Waals surface area contributed by atoms with Gasteiger partial charge in [0.2, 0.25) is 0 Å². The summed E-state index contributed by atoms with van der Waals surface area (Å²) in [5.74, 6) is 2.72. The Balaban J connectivity index is 1.45. The summed E-state index contributed by atoms with van der Waals surface area (Å²) >= 11 is 0. The lowest BCUT2D eigenvalue weighted by Gasteiger charge is -2.35. The van der Waals surface area contributed by atoms with E-state index in [-0.39, 0.29) is 5.91 Å². The summed E-state index contributed by atoms with van der Waals surface area (Å²) in [4.78, 5) is 17.7. The normalized spacial score (nSPS) is 18.9. The molecule has 2 aliphatic rings.